The predicted molar refractivity (Wildman–Crippen MR) is 105 cm³/mol. The van der Waals surface area contributed by atoms with Gasteiger partial charge in [-0.3, -0.25) is 9.20 Å². The van der Waals surface area contributed by atoms with Crippen molar-refractivity contribution in [1.29, 1.82) is 0 Å². The lowest BCUT2D eigenvalue weighted by molar-refractivity contribution is 0.0697. The summed E-state index contributed by atoms with van der Waals surface area (Å²) < 4.78 is 22.6. The van der Waals surface area contributed by atoms with Crippen LogP contribution in [0.1, 0.15) is 22.8 Å². The first kappa shape index (κ1) is 17.4. The Labute approximate surface area is 163 Å². The van der Waals surface area contributed by atoms with E-state index < -0.39 is 17.2 Å². The van der Waals surface area contributed by atoms with Gasteiger partial charge in [0.25, 0.3) is 0 Å². The number of thiazole rings is 1. The molecular formula is C19H18FN3O4S. The SMILES string of the molecule is CCN1CCN(c2c(F)cc3c(=O)c(C(=O)O)c4scc5n4c3c2CO5)CC1. The minimum atomic E-state index is -1.32. The van der Waals surface area contributed by atoms with Crippen LogP contribution in [0.25, 0.3) is 15.7 Å². The van der Waals surface area contributed by atoms with Crippen LogP contribution in [0.4, 0.5) is 10.1 Å². The molecule has 0 saturated carbocycles. The molecule has 1 fully saturated rings. The summed E-state index contributed by atoms with van der Waals surface area (Å²) in [6.45, 7) is 6.25. The lowest BCUT2D eigenvalue weighted by atomic mass is 10.0. The van der Waals surface area contributed by atoms with E-state index in [1.54, 1.807) is 9.78 Å². The molecule has 0 unspecified atom stereocenters. The number of rotatable bonds is 3. The van der Waals surface area contributed by atoms with E-state index in [0.29, 0.717) is 40.6 Å². The largest absolute Gasteiger partial charge is 0.477 e. The van der Waals surface area contributed by atoms with Crippen LogP contribution in [0.3, 0.4) is 0 Å². The molecule has 3 aromatic rings. The monoisotopic (exact) mass is 403 g/mol. The summed E-state index contributed by atoms with van der Waals surface area (Å²) in [7, 11) is 0. The number of carboxylic acid groups (broad SMARTS) is 1. The first-order valence-electron chi connectivity index (χ1n) is 9.16. The summed E-state index contributed by atoms with van der Waals surface area (Å²) in [5, 5.41) is 11.3. The molecule has 5 rings (SSSR count). The number of hydrogen-bond donors (Lipinski definition) is 1. The second-order valence-electron chi connectivity index (χ2n) is 7.02. The quantitative estimate of drug-likeness (QED) is 0.724. The number of carboxylic acids is 1. The number of aromatic nitrogens is 1. The van der Waals surface area contributed by atoms with Crippen LogP contribution in [-0.4, -0.2) is 53.1 Å². The van der Waals surface area contributed by atoms with E-state index in [0.717, 1.165) is 31.0 Å². The summed E-state index contributed by atoms with van der Waals surface area (Å²) in [6, 6.07) is 1.19. The van der Waals surface area contributed by atoms with Gasteiger partial charge in [-0.1, -0.05) is 6.92 Å². The van der Waals surface area contributed by atoms with Gasteiger partial charge in [0.05, 0.1) is 22.0 Å². The Morgan fingerprint density at radius 3 is 2.75 bits per heavy atom. The van der Waals surface area contributed by atoms with E-state index in [4.69, 9.17) is 4.74 Å². The maximum absolute atomic E-state index is 15.2. The van der Waals surface area contributed by atoms with Gasteiger partial charge < -0.3 is 19.6 Å². The van der Waals surface area contributed by atoms with Crippen LogP contribution < -0.4 is 15.1 Å². The van der Waals surface area contributed by atoms with Crippen LogP contribution >= 0.6 is 11.3 Å². The van der Waals surface area contributed by atoms with Gasteiger partial charge in [0.2, 0.25) is 11.3 Å². The number of anilines is 1. The molecule has 28 heavy (non-hydrogen) atoms. The normalized spacial score (nSPS) is 16.9. The van der Waals surface area contributed by atoms with Crippen LogP contribution in [0.5, 0.6) is 5.88 Å². The minimum Gasteiger partial charge on any atom is -0.477 e. The Kier molecular flexibility index (Phi) is 3.85. The first-order chi connectivity index (χ1) is 13.5. The average Bonchev–Trinajstić information content (AvgIpc) is 3.11. The number of ether oxygens (including phenoxy) is 1. The molecule has 0 radical (unpaired) electrons. The third-order valence-corrected chi connectivity index (χ3v) is 6.57. The van der Waals surface area contributed by atoms with E-state index in [1.165, 1.54) is 6.07 Å². The van der Waals surface area contributed by atoms with Crippen LogP contribution in [0.15, 0.2) is 16.2 Å². The fourth-order valence-corrected chi connectivity index (χ4v) is 5.21. The molecule has 2 aliphatic rings. The molecule has 2 aromatic heterocycles. The van der Waals surface area contributed by atoms with Gasteiger partial charge in [0.1, 0.15) is 22.8 Å². The van der Waals surface area contributed by atoms with Gasteiger partial charge in [-0.2, -0.15) is 0 Å². The number of likely N-dealkylation sites (N-methyl/N-ethyl adjacent to an activating group) is 1. The van der Waals surface area contributed by atoms with Crippen molar-refractivity contribution >= 4 is 38.7 Å². The fraction of sp³-hybridized carbons (Fsp3) is 0.368. The maximum atomic E-state index is 15.2. The zero-order valence-electron chi connectivity index (χ0n) is 15.2. The smallest absolute Gasteiger partial charge is 0.342 e. The molecule has 4 heterocycles. The third-order valence-electron chi connectivity index (χ3n) is 5.64. The number of halogens is 1. The molecule has 2 aliphatic heterocycles. The molecule has 1 saturated heterocycles. The molecule has 1 N–H and O–H groups in total. The lowest BCUT2D eigenvalue weighted by Gasteiger charge is -2.37. The topological polar surface area (TPSA) is 74.5 Å². The van der Waals surface area contributed by atoms with Crippen molar-refractivity contribution in [1.82, 2.24) is 9.30 Å². The number of hydrogen-bond acceptors (Lipinski definition) is 6. The van der Waals surface area contributed by atoms with Crippen molar-refractivity contribution in [3.63, 3.8) is 0 Å². The second-order valence-corrected chi connectivity index (χ2v) is 7.87. The van der Waals surface area contributed by atoms with Crippen molar-refractivity contribution in [3.8, 4) is 5.88 Å². The van der Waals surface area contributed by atoms with Crippen molar-refractivity contribution < 1.29 is 19.0 Å². The number of pyridine rings is 1. The highest BCUT2D eigenvalue weighted by Crippen LogP contribution is 2.39. The van der Waals surface area contributed by atoms with Crippen LogP contribution in [-0.2, 0) is 6.61 Å². The molecule has 0 atom stereocenters. The molecule has 9 heteroatoms. The zero-order valence-corrected chi connectivity index (χ0v) is 16.0. The molecule has 0 spiro atoms. The second kappa shape index (κ2) is 6.18. The number of benzene rings is 1. The highest BCUT2D eigenvalue weighted by molar-refractivity contribution is 7.16. The Hall–Kier alpha value is -2.65. The Morgan fingerprint density at radius 1 is 1.32 bits per heavy atom. The Bertz CT molecular complexity index is 1190. The van der Waals surface area contributed by atoms with Crippen LogP contribution in [0.2, 0.25) is 0 Å². The molecule has 1 aromatic carbocycles. The summed E-state index contributed by atoms with van der Waals surface area (Å²) in [4.78, 5) is 29.2. The van der Waals surface area contributed by atoms with Crippen molar-refractivity contribution in [3.05, 3.63) is 38.6 Å². The number of nitrogens with zero attached hydrogens (tertiary/aromatic N) is 3. The van der Waals surface area contributed by atoms with Gasteiger partial charge in [-0.15, -0.1) is 11.3 Å². The molecule has 146 valence electrons. The first-order valence-corrected chi connectivity index (χ1v) is 10.0. The van der Waals surface area contributed by atoms with E-state index in [9.17, 15) is 14.7 Å². The van der Waals surface area contributed by atoms with Crippen molar-refractivity contribution in [2.75, 3.05) is 37.6 Å². The van der Waals surface area contributed by atoms with Gasteiger partial charge in [-0.05, 0) is 12.6 Å². The van der Waals surface area contributed by atoms with E-state index >= 15 is 4.39 Å². The molecule has 0 aliphatic carbocycles. The highest BCUT2D eigenvalue weighted by atomic mass is 32.1. The average molecular weight is 403 g/mol. The highest BCUT2D eigenvalue weighted by Gasteiger charge is 2.31. The zero-order chi connectivity index (χ0) is 19.6. The number of piperazine rings is 1. The van der Waals surface area contributed by atoms with Crippen molar-refractivity contribution in [2.45, 2.75) is 13.5 Å². The standard InChI is InChI=1S/C19H18FN3O4S/c1-2-21-3-5-22(6-4-21)16-11-8-27-13-9-28-18-14(19(25)26)17(24)10(7-12(16)20)15(11)23(13)18/h7,9H,2-6,8H2,1H3,(H,25,26). The van der Waals surface area contributed by atoms with E-state index in [1.807, 2.05) is 4.90 Å². The maximum Gasteiger partial charge on any atom is 0.342 e. The molecule has 0 amide bonds. The molecule has 7 nitrogen and oxygen atoms in total. The van der Waals surface area contributed by atoms with Crippen molar-refractivity contribution in [2.24, 2.45) is 0 Å². The predicted octanol–water partition coefficient (Wildman–Crippen LogP) is 2.39. The Morgan fingerprint density at radius 2 is 2.07 bits per heavy atom. The number of aromatic carboxylic acids is 1. The molecular weight excluding hydrogens is 385 g/mol. The van der Waals surface area contributed by atoms with Gasteiger partial charge in [0.15, 0.2) is 0 Å². The minimum absolute atomic E-state index is 0.0845. The third kappa shape index (κ3) is 2.29. The van der Waals surface area contributed by atoms with Gasteiger partial charge in [-0.25, -0.2) is 9.18 Å². The van der Waals surface area contributed by atoms with Gasteiger partial charge in [0, 0.05) is 31.7 Å². The fourth-order valence-electron chi connectivity index (χ4n) is 4.24. The van der Waals surface area contributed by atoms with E-state index in [-0.39, 0.29) is 17.6 Å². The summed E-state index contributed by atoms with van der Waals surface area (Å²) in [6.07, 6.45) is 0. The van der Waals surface area contributed by atoms with E-state index in [2.05, 4.69) is 11.8 Å². The Balaban J connectivity index is 1.81. The van der Waals surface area contributed by atoms with Crippen LogP contribution in [0, 0.1) is 5.82 Å². The summed E-state index contributed by atoms with van der Waals surface area (Å²) in [5.41, 5.74) is 0.622. The summed E-state index contributed by atoms with van der Waals surface area (Å²) in [5.74, 6) is -1.35. The molecule has 0 bridgehead atoms. The summed E-state index contributed by atoms with van der Waals surface area (Å²) >= 11 is 1.15. The number of carbonyl (C=O) groups is 1. The lowest BCUT2D eigenvalue weighted by Crippen LogP contribution is -2.47. The van der Waals surface area contributed by atoms with Gasteiger partial charge >= 0.3 is 5.97 Å².